The highest BCUT2D eigenvalue weighted by Crippen LogP contribution is 2.26. The Morgan fingerprint density at radius 3 is 2.85 bits per heavy atom. The van der Waals surface area contributed by atoms with Gasteiger partial charge in [-0.15, -0.1) is 0 Å². The number of rotatable bonds is 5. The van der Waals surface area contributed by atoms with Gasteiger partial charge in [0.25, 0.3) is 0 Å². The molecule has 1 aromatic heterocycles. The second kappa shape index (κ2) is 5.79. The van der Waals surface area contributed by atoms with Crippen molar-refractivity contribution in [2.75, 3.05) is 0 Å². The number of amidine groups is 1. The Morgan fingerprint density at radius 2 is 2.15 bits per heavy atom. The number of nitrogens with two attached hydrogens (primary N) is 1. The summed E-state index contributed by atoms with van der Waals surface area (Å²) in [5.41, 5.74) is 6.32. The van der Waals surface area contributed by atoms with Crippen molar-refractivity contribution in [2.45, 2.75) is 6.61 Å². The van der Waals surface area contributed by atoms with Crippen molar-refractivity contribution in [3.8, 4) is 5.75 Å². The van der Waals surface area contributed by atoms with E-state index in [2.05, 4.69) is 4.98 Å². The Balaban J connectivity index is 2.15. The van der Waals surface area contributed by atoms with Gasteiger partial charge in [0, 0.05) is 12.3 Å². The molecule has 0 aliphatic rings. The van der Waals surface area contributed by atoms with Crippen LogP contribution in [0.15, 0.2) is 42.6 Å². The summed E-state index contributed by atoms with van der Waals surface area (Å²) in [5.74, 6) is 0.0521. The third-order valence-electron chi connectivity index (χ3n) is 2.56. The van der Waals surface area contributed by atoms with E-state index in [0.717, 1.165) is 5.56 Å². The van der Waals surface area contributed by atoms with Crippen LogP contribution >= 0.6 is 0 Å². The molecule has 2 rings (SSSR count). The Kier molecular flexibility index (Phi) is 3.90. The van der Waals surface area contributed by atoms with Crippen LogP contribution in [-0.4, -0.2) is 15.7 Å². The monoisotopic (exact) mass is 272 g/mol. The van der Waals surface area contributed by atoms with Gasteiger partial charge in [0.2, 0.25) is 0 Å². The van der Waals surface area contributed by atoms with Crippen molar-refractivity contribution in [2.24, 2.45) is 5.73 Å². The Hall–Kier alpha value is -2.96. The van der Waals surface area contributed by atoms with Crippen LogP contribution in [0, 0.1) is 15.5 Å². The maximum atomic E-state index is 10.8. The number of hydrogen-bond acceptors (Lipinski definition) is 5. The van der Waals surface area contributed by atoms with Crippen LogP contribution in [0.25, 0.3) is 0 Å². The van der Waals surface area contributed by atoms with Crippen LogP contribution < -0.4 is 10.5 Å². The molecule has 0 aliphatic heterocycles. The quantitative estimate of drug-likeness (QED) is 0.373. The fraction of sp³-hybridized carbons (Fsp3) is 0.0769. The van der Waals surface area contributed by atoms with Crippen molar-refractivity contribution in [3.05, 3.63) is 64.0 Å². The van der Waals surface area contributed by atoms with Crippen molar-refractivity contribution in [3.63, 3.8) is 0 Å². The van der Waals surface area contributed by atoms with E-state index in [-0.39, 0.29) is 23.9 Å². The minimum atomic E-state index is -0.497. The fourth-order valence-electron chi connectivity index (χ4n) is 1.60. The first-order chi connectivity index (χ1) is 9.58. The van der Waals surface area contributed by atoms with Gasteiger partial charge in [0.15, 0.2) is 5.75 Å². The molecule has 0 saturated heterocycles. The highest BCUT2D eigenvalue weighted by Gasteiger charge is 2.13. The van der Waals surface area contributed by atoms with E-state index in [1.54, 1.807) is 24.3 Å². The molecule has 102 valence electrons. The smallest absolute Gasteiger partial charge is 0.310 e. The lowest BCUT2D eigenvalue weighted by Crippen LogP contribution is -2.13. The highest BCUT2D eigenvalue weighted by molar-refractivity contribution is 5.93. The number of nitrogens with zero attached hydrogens (tertiary/aromatic N) is 2. The molecule has 0 amide bonds. The molecule has 1 heterocycles. The standard InChI is InChI=1S/C13H12N4O3/c14-13(15)10-7-9(5-6-16-10)8-20-12-4-2-1-3-11(12)17(18)19/h1-7H,8H2,(H3,14,15). The van der Waals surface area contributed by atoms with E-state index >= 15 is 0 Å². The Labute approximate surface area is 114 Å². The van der Waals surface area contributed by atoms with Gasteiger partial charge in [-0.3, -0.25) is 20.5 Å². The molecule has 0 fully saturated rings. The number of hydrogen-bond donors (Lipinski definition) is 2. The average Bonchev–Trinajstić information content (AvgIpc) is 2.45. The van der Waals surface area contributed by atoms with Crippen LogP contribution in [-0.2, 0) is 6.61 Å². The number of nitro groups is 1. The summed E-state index contributed by atoms with van der Waals surface area (Å²) >= 11 is 0. The molecule has 3 N–H and O–H groups in total. The molecule has 1 aromatic carbocycles. The maximum Gasteiger partial charge on any atom is 0.310 e. The first kappa shape index (κ1) is 13.5. The normalized spacial score (nSPS) is 10.0. The first-order valence-electron chi connectivity index (χ1n) is 5.73. The molecular weight excluding hydrogens is 260 g/mol. The van der Waals surface area contributed by atoms with Crippen molar-refractivity contribution in [1.29, 1.82) is 5.41 Å². The number of nitro benzene ring substituents is 1. The molecule has 2 aromatic rings. The predicted octanol–water partition coefficient (Wildman–Crippen LogP) is 1.85. The van der Waals surface area contributed by atoms with E-state index in [1.807, 2.05) is 0 Å². The van der Waals surface area contributed by atoms with Gasteiger partial charge in [-0.1, -0.05) is 12.1 Å². The lowest BCUT2D eigenvalue weighted by atomic mass is 10.2. The van der Waals surface area contributed by atoms with Gasteiger partial charge in [0.05, 0.1) is 4.92 Å². The molecule has 7 heteroatoms. The molecule has 0 saturated carbocycles. The fourth-order valence-corrected chi connectivity index (χ4v) is 1.60. The van der Waals surface area contributed by atoms with Crippen molar-refractivity contribution < 1.29 is 9.66 Å². The molecule has 20 heavy (non-hydrogen) atoms. The minimum Gasteiger partial charge on any atom is -0.482 e. The summed E-state index contributed by atoms with van der Waals surface area (Å²) in [4.78, 5) is 14.3. The van der Waals surface area contributed by atoms with Crippen LogP contribution in [0.3, 0.4) is 0 Å². The molecule has 0 radical (unpaired) electrons. The van der Waals surface area contributed by atoms with Crippen LogP contribution in [0.5, 0.6) is 5.75 Å². The molecule has 0 atom stereocenters. The lowest BCUT2D eigenvalue weighted by Gasteiger charge is -2.07. The summed E-state index contributed by atoms with van der Waals surface area (Å²) in [6, 6.07) is 9.45. The van der Waals surface area contributed by atoms with Gasteiger partial charge in [0.1, 0.15) is 18.1 Å². The lowest BCUT2D eigenvalue weighted by molar-refractivity contribution is -0.385. The zero-order valence-corrected chi connectivity index (χ0v) is 10.4. The maximum absolute atomic E-state index is 10.8. The SMILES string of the molecule is N=C(N)c1cc(COc2ccccc2[N+](=O)[O-])ccn1. The van der Waals surface area contributed by atoms with Gasteiger partial charge in [-0.05, 0) is 23.8 Å². The molecule has 0 spiro atoms. The molecule has 0 unspecified atom stereocenters. The number of benzene rings is 1. The Morgan fingerprint density at radius 1 is 1.40 bits per heavy atom. The first-order valence-corrected chi connectivity index (χ1v) is 5.73. The number of nitrogens with one attached hydrogen (secondary N) is 1. The van der Waals surface area contributed by atoms with E-state index in [4.69, 9.17) is 15.9 Å². The van der Waals surface area contributed by atoms with E-state index in [1.165, 1.54) is 18.3 Å². The zero-order chi connectivity index (χ0) is 14.5. The molecule has 0 bridgehead atoms. The molecule has 0 aliphatic carbocycles. The van der Waals surface area contributed by atoms with Crippen molar-refractivity contribution in [1.82, 2.24) is 4.98 Å². The van der Waals surface area contributed by atoms with Crippen molar-refractivity contribution >= 4 is 11.5 Å². The largest absolute Gasteiger partial charge is 0.482 e. The predicted molar refractivity (Wildman–Crippen MR) is 72.7 cm³/mol. The van der Waals surface area contributed by atoms with Gasteiger partial charge in [-0.2, -0.15) is 0 Å². The van der Waals surface area contributed by atoms with Crippen LogP contribution in [0.1, 0.15) is 11.3 Å². The summed E-state index contributed by atoms with van der Waals surface area (Å²) < 4.78 is 5.44. The minimum absolute atomic E-state index is 0.0895. The second-order valence-corrected chi connectivity index (χ2v) is 3.98. The summed E-state index contributed by atoms with van der Waals surface area (Å²) in [6.45, 7) is 0.133. The average molecular weight is 272 g/mol. The topological polar surface area (TPSA) is 115 Å². The summed E-state index contributed by atoms with van der Waals surface area (Å²) in [7, 11) is 0. The van der Waals surface area contributed by atoms with Gasteiger partial charge >= 0.3 is 5.69 Å². The summed E-state index contributed by atoms with van der Waals surface area (Å²) in [6.07, 6.45) is 1.51. The number of nitrogen functional groups attached to an aromatic ring is 1. The molecule has 7 nitrogen and oxygen atoms in total. The zero-order valence-electron chi connectivity index (χ0n) is 10.4. The number of pyridine rings is 1. The van der Waals surface area contributed by atoms with Gasteiger partial charge < -0.3 is 10.5 Å². The van der Waals surface area contributed by atoms with Gasteiger partial charge in [-0.25, -0.2) is 0 Å². The number of para-hydroxylation sites is 2. The van der Waals surface area contributed by atoms with Crippen LogP contribution in [0.2, 0.25) is 0 Å². The Bertz CT molecular complexity index is 658. The third kappa shape index (κ3) is 3.08. The highest BCUT2D eigenvalue weighted by atomic mass is 16.6. The van der Waals surface area contributed by atoms with E-state index < -0.39 is 4.92 Å². The third-order valence-corrected chi connectivity index (χ3v) is 2.56. The summed E-state index contributed by atoms with van der Waals surface area (Å²) in [5, 5.41) is 18.2. The molecular formula is C13H12N4O3. The second-order valence-electron chi connectivity index (χ2n) is 3.98. The number of ether oxygens (including phenoxy) is 1. The van der Waals surface area contributed by atoms with E-state index in [0.29, 0.717) is 5.69 Å². The van der Waals surface area contributed by atoms with Crippen LogP contribution in [0.4, 0.5) is 5.69 Å². The number of aromatic nitrogens is 1. The van der Waals surface area contributed by atoms with E-state index in [9.17, 15) is 10.1 Å².